The first-order chi connectivity index (χ1) is 7.50. The molecule has 0 radical (unpaired) electrons. The molecule has 2 heterocycles. The van der Waals surface area contributed by atoms with Crippen LogP contribution in [0, 0.1) is 6.92 Å². The van der Waals surface area contributed by atoms with Gasteiger partial charge in [0.1, 0.15) is 5.65 Å². The van der Waals surface area contributed by atoms with E-state index in [1.54, 1.807) is 18.3 Å². The number of aromatic carboxylic acids is 1. The van der Waals surface area contributed by atoms with Gasteiger partial charge in [-0.3, -0.25) is 9.20 Å². The van der Waals surface area contributed by atoms with E-state index in [0.717, 1.165) is 4.47 Å². The summed E-state index contributed by atoms with van der Waals surface area (Å²) in [6.45, 7) is 1.45. The molecule has 0 amide bonds. The monoisotopic (exact) mass is 282 g/mol. The molecule has 1 N–H and O–H groups in total. The highest BCUT2D eigenvalue weighted by Gasteiger charge is 2.14. The van der Waals surface area contributed by atoms with E-state index in [1.165, 1.54) is 11.3 Å². The summed E-state index contributed by atoms with van der Waals surface area (Å²) in [5.74, 6) is -1.19. The lowest BCUT2D eigenvalue weighted by Crippen LogP contribution is -2.22. The van der Waals surface area contributed by atoms with Crippen LogP contribution in [0.25, 0.3) is 5.65 Å². The molecule has 2 aromatic rings. The van der Waals surface area contributed by atoms with E-state index >= 15 is 0 Å². The first kappa shape index (κ1) is 10.8. The van der Waals surface area contributed by atoms with E-state index < -0.39 is 5.97 Å². The standard InChI is InChI=1S/C10H7BrN2O3/c1-5-8(10(15)16)12-7-3-2-6(11)4-13(7)9(5)14/h2-4H,1H3,(H,15,16). The van der Waals surface area contributed by atoms with Gasteiger partial charge in [-0.1, -0.05) is 0 Å². The first-order valence-electron chi connectivity index (χ1n) is 4.42. The topological polar surface area (TPSA) is 71.7 Å². The van der Waals surface area contributed by atoms with Crippen molar-refractivity contribution in [1.82, 2.24) is 9.38 Å². The molecular weight excluding hydrogens is 276 g/mol. The van der Waals surface area contributed by atoms with Crippen molar-refractivity contribution in [3.63, 3.8) is 0 Å². The molecule has 16 heavy (non-hydrogen) atoms. The van der Waals surface area contributed by atoms with Gasteiger partial charge in [0, 0.05) is 16.2 Å². The van der Waals surface area contributed by atoms with Crippen LogP contribution in [0.15, 0.2) is 27.6 Å². The van der Waals surface area contributed by atoms with Crippen molar-refractivity contribution < 1.29 is 9.90 Å². The van der Waals surface area contributed by atoms with Crippen LogP contribution in [0.5, 0.6) is 0 Å². The van der Waals surface area contributed by atoms with Crippen LogP contribution in [0.2, 0.25) is 0 Å². The SMILES string of the molecule is Cc1c(C(=O)O)nc2ccc(Br)cn2c1=O. The highest BCUT2D eigenvalue weighted by molar-refractivity contribution is 9.10. The predicted molar refractivity (Wildman–Crippen MR) is 60.9 cm³/mol. The summed E-state index contributed by atoms with van der Waals surface area (Å²) in [6.07, 6.45) is 1.56. The Hall–Kier alpha value is -1.69. The molecule has 2 aromatic heterocycles. The zero-order valence-corrected chi connectivity index (χ0v) is 9.85. The Morgan fingerprint density at radius 3 is 2.81 bits per heavy atom. The molecular formula is C10H7BrN2O3. The maximum Gasteiger partial charge on any atom is 0.355 e. The van der Waals surface area contributed by atoms with Gasteiger partial charge in [0.25, 0.3) is 5.56 Å². The van der Waals surface area contributed by atoms with Crippen molar-refractivity contribution in [2.24, 2.45) is 0 Å². The third kappa shape index (κ3) is 1.61. The van der Waals surface area contributed by atoms with E-state index in [-0.39, 0.29) is 16.8 Å². The number of aromatic nitrogens is 2. The van der Waals surface area contributed by atoms with Crippen LogP contribution in [0.1, 0.15) is 16.1 Å². The van der Waals surface area contributed by atoms with E-state index in [0.29, 0.717) is 5.65 Å². The smallest absolute Gasteiger partial charge is 0.355 e. The van der Waals surface area contributed by atoms with Crippen molar-refractivity contribution in [2.75, 3.05) is 0 Å². The second-order valence-corrected chi connectivity index (χ2v) is 4.19. The maximum absolute atomic E-state index is 11.8. The molecule has 82 valence electrons. The fraction of sp³-hybridized carbons (Fsp3) is 0.100. The predicted octanol–water partition coefficient (Wildman–Crippen LogP) is 1.46. The highest BCUT2D eigenvalue weighted by atomic mass is 79.9. The highest BCUT2D eigenvalue weighted by Crippen LogP contribution is 2.10. The van der Waals surface area contributed by atoms with Gasteiger partial charge in [0.15, 0.2) is 5.69 Å². The van der Waals surface area contributed by atoms with Gasteiger partial charge in [-0.15, -0.1) is 0 Å². The molecule has 0 aliphatic carbocycles. The van der Waals surface area contributed by atoms with Gasteiger partial charge in [-0.05, 0) is 35.0 Å². The number of fused-ring (bicyclic) bond motifs is 1. The van der Waals surface area contributed by atoms with Crippen molar-refractivity contribution >= 4 is 27.5 Å². The van der Waals surface area contributed by atoms with Crippen LogP contribution in [-0.4, -0.2) is 20.5 Å². The van der Waals surface area contributed by atoms with Crippen molar-refractivity contribution in [1.29, 1.82) is 0 Å². The molecule has 0 saturated carbocycles. The van der Waals surface area contributed by atoms with Crippen LogP contribution in [0.4, 0.5) is 0 Å². The number of carboxylic acid groups (broad SMARTS) is 1. The summed E-state index contributed by atoms with van der Waals surface area (Å²) in [7, 11) is 0. The zero-order valence-electron chi connectivity index (χ0n) is 8.27. The lowest BCUT2D eigenvalue weighted by molar-refractivity contribution is 0.0689. The molecule has 0 aliphatic rings. The van der Waals surface area contributed by atoms with Gasteiger partial charge >= 0.3 is 5.97 Å². The number of hydrogen-bond donors (Lipinski definition) is 1. The normalized spacial score (nSPS) is 10.6. The third-order valence-corrected chi connectivity index (χ3v) is 2.68. The number of carbonyl (C=O) groups is 1. The Balaban J connectivity index is 2.94. The Labute approximate surface area is 98.5 Å². The molecule has 6 heteroatoms. The molecule has 0 unspecified atom stereocenters. The Morgan fingerprint density at radius 2 is 2.19 bits per heavy atom. The van der Waals surface area contributed by atoms with Crippen molar-refractivity contribution in [3.05, 3.63) is 44.4 Å². The van der Waals surface area contributed by atoms with Crippen LogP contribution >= 0.6 is 15.9 Å². The molecule has 0 bridgehead atoms. The minimum Gasteiger partial charge on any atom is -0.476 e. The Bertz CT molecular complexity index is 648. The second kappa shape index (κ2) is 3.71. The average molecular weight is 283 g/mol. The van der Waals surface area contributed by atoms with Crippen LogP contribution < -0.4 is 5.56 Å². The van der Waals surface area contributed by atoms with Gasteiger partial charge in [0.05, 0.1) is 0 Å². The van der Waals surface area contributed by atoms with E-state index in [4.69, 9.17) is 5.11 Å². The van der Waals surface area contributed by atoms with Crippen LogP contribution in [0.3, 0.4) is 0 Å². The average Bonchev–Trinajstić information content (AvgIpc) is 2.23. The zero-order chi connectivity index (χ0) is 11.9. The van der Waals surface area contributed by atoms with Gasteiger partial charge in [-0.2, -0.15) is 0 Å². The summed E-state index contributed by atoms with van der Waals surface area (Å²) >= 11 is 3.23. The van der Waals surface area contributed by atoms with Gasteiger partial charge in [0.2, 0.25) is 0 Å². The number of hydrogen-bond acceptors (Lipinski definition) is 3. The summed E-state index contributed by atoms with van der Waals surface area (Å²) in [5, 5.41) is 8.88. The van der Waals surface area contributed by atoms with E-state index in [2.05, 4.69) is 20.9 Å². The minimum atomic E-state index is -1.19. The summed E-state index contributed by atoms with van der Waals surface area (Å²) < 4.78 is 2.04. The number of carboxylic acids is 1. The lowest BCUT2D eigenvalue weighted by Gasteiger charge is -2.04. The molecule has 0 atom stereocenters. The Kier molecular flexibility index (Phi) is 2.51. The van der Waals surface area contributed by atoms with Crippen molar-refractivity contribution in [2.45, 2.75) is 6.92 Å². The molecule has 0 fully saturated rings. The maximum atomic E-state index is 11.8. The summed E-state index contributed by atoms with van der Waals surface area (Å²) in [4.78, 5) is 26.6. The fourth-order valence-corrected chi connectivity index (χ4v) is 1.75. The second-order valence-electron chi connectivity index (χ2n) is 3.27. The minimum absolute atomic E-state index is 0.128. The molecule has 0 aromatic carbocycles. The largest absolute Gasteiger partial charge is 0.476 e. The molecule has 0 saturated heterocycles. The Morgan fingerprint density at radius 1 is 1.50 bits per heavy atom. The fourth-order valence-electron chi connectivity index (χ4n) is 1.41. The first-order valence-corrected chi connectivity index (χ1v) is 5.22. The van der Waals surface area contributed by atoms with E-state index in [9.17, 15) is 9.59 Å². The van der Waals surface area contributed by atoms with Gasteiger partial charge < -0.3 is 5.11 Å². The van der Waals surface area contributed by atoms with Crippen LogP contribution in [-0.2, 0) is 0 Å². The molecule has 0 spiro atoms. The van der Waals surface area contributed by atoms with E-state index in [1.807, 2.05) is 0 Å². The van der Waals surface area contributed by atoms with Crippen molar-refractivity contribution in [3.8, 4) is 0 Å². The molecule has 5 nitrogen and oxygen atoms in total. The number of rotatable bonds is 1. The number of nitrogens with zero attached hydrogens (tertiary/aromatic N) is 2. The third-order valence-electron chi connectivity index (χ3n) is 2.21. The summed E-state index contributed by atoms with van der Waals surface area (Å²) in [5.41, 5.74) is -0.129. The summed E-state index contributed by atoms with van der Waals surface area (Å²) in [6, 6.07) is 3.28. The number of halogens is 1. The lowest BCUT2D eigenvalue weighted by atomic mass is 10.2. The number of pyridine rings is 1. The molecule has 0 aliphatic heterocycles. The molecule has 2 rings (SSSR count). The quantitative estimate of drug-likeness (QED) is 0.860. The van der Waals surface area contributed by atoms with Gasteiger partial charge in [-0.25, -0.2) is 9.78 Å².